The quantitative estimate of drug-likeness (QED) is 0.908. The second-order valence-electron chi connectivity index (χ2n) is 4.23. The van der Waals surface area contributed by atoms with E-state index in [-0.39, 0.29) is 11.8 Å². The van der Waals surface area contributed by atoms with Gasteiger partial charge in [-0.05, 0) is 31.2 Å². The second kappa shape index (κ2) is 6.29. The summed E-state index contributed by atoms with van der Waals surface area (Å²) in [7, 11) is 0. The number of anilines is 2. The highest BCUT2D eigenvalue weighted by molar-refractivity contribution is 7.13. The van der Waals surface area contributed by atoms with E-state index in [9.17, 15) is 9.59 Å². The van der Waals surface area contributed by atoms with E-state index in [0.717, 1.165) is 5.69 Å². The molecule has 104 valence electrons. The number of aromatic nitrogens is 1. The number of carbonyl (C=O) groups excluding carboxylic acids is 2. The second-order valence-corrected chi connectivity index (χ2v) is 5.09. The van der Waals surface area contributed by atoms with Gasteiger partial charge in [-0.1, -0.05) is 6.92 Å². The predicted molar refractivity (Wildman–Crippen MR) is 80.2 cm³/mol. The minimum atomic E-state index is -0.215. The van der Waals surface area contributed by atoms with Crippen LogP contribution >= 0.6 is 11.3 Å². The van der Waals surface area contributed by atoms with Crippen LogP contribution in [0.5, 0.6) is 0 Å². The fourth-order valence-corrected chi connectivity index (χ4v) is 2.22. The Kier molecular flexibility index (Phi) is 4.47. The molecule has 0 aliphatic carbocycles. The van der Waals surface area contributed by atoms with E-state index >= 15 is 0 Å². The molecule has 0 spiro atoms. The normalized spacial score (nSPS) is 10.1. The number of hydrogen-bond donors (Lipinski definition) is 2. The van der Waals surface area contributed by atoms with Crippen molar-refractivity contribution in [2.45, 2.75) is 20.3 Å². The SMILES string of the molecule is CCC(=O)Nc1ccc(C(=O)Nc2nc(C)cs2)cc1. The summed E-state index contributed by atoms with van der Waals surface area (Å²) in [5.74, 6) is -0.270. The molecule has 0 saturated carbocycles. The average molecular weight is 289 g/mol. The highest BCUT2D eigenvalue weighted by atomic mass is 32.1. The molecule has 2 rings (SSSR count). The third-order valence-electron chi connectivity index (χ3n) is 2.59. The molecular weight excluding hydrogens is 274 g/mol. The van der Waals surface area contributed by atoms with Crippen LogP contribution in [-0.2, 0) is 4.79 Å². The summed E-state index contributed by atoms with van der Waals surface area (Å²) in [6.07, 6.45) is 0.422. The van der Waals surface area contributed by atoms with Crippen LogP contribution in [-0.4, -0.2) is 16.8 Å². The number of amides is 2. The lowest BCUT2D eigenvalue weighted by Gasteiger charge is -2.05. The molecule has 0 unspecified atom stereocenters. The van der Waals surface area contributed by atoms with Gasteiger partial charge in [0.05, 0.1) is 5.69 Å². The van der Waals surface area contributed by atoms with Crippen molar-refractivity contribution in [3.05, 3.63) is 40.9 Å². The van der Waals surface area contributed by atoms with Gasteiger partial charge in [0, 0.05) is 23.1 Å². The highest BCUT2D eigenvalue weighted by Gasteiger charge is 2.08. The molecular formula is C14H15N3O2S. The predicted octanol–water partition coefficient (Wildman–Crippen LogP) is 3.05. The Morgan fingerprint density at radius 3 is 2.45 bits per heavy atom. The molecule has 0 bridgehead atoms. The first kappa shape index (κ1) is 14.2. The Hall–Kier alpha value is -2.21. The van der Waals surface area contributed by atoms with Gasteiger partial charge >= 0.3 is 0 Å². The zero-order valence-electron chi connectivity index (χ0n) is 11.3. The van der Waals surface area contributed by atoms with E-state index in [4.69, 9.17) is 0 Å². The fraction of sp³-hybridized carbons (Fsp3) is 0.214. The van der Waals surface area contributed by atoms with Crippen molar-refractivity contribution in [2.75, 3.05) is 10.6 Å². The topological polar surface area (TPSA) is 71.1 Å². The van der Waals surface area contributed by atoms with E-state index in [1.807, 2.05) is 12.3 Å². The molecule has 2 N–H and O–H groups in total. The molecule has 0 atom stereocenters. The molecule has 0 aliphatic rings. The van der Waals surface area contributed by atoms with E-state index in [2.05, 4.69) is 15.6 Å². The van der Waals surface area contributed by atoms with Gasteiger partial charge in [0.2, 0.25) is 5.91 Å². The zero-order chi connectivity index (χ0) is 14.5. The summed E-state index contributed by atoms with van der Waals surface area (Å²) in [6, 6.07) is 6.74. The number of nitrogens with one attached hydrogen (secondary N) is 2. The summed E-state index contributed by atoms with van der Waals surface area (Å²) < 4.78 is 0. The van der Waals surface area contributed by atoms with Crippen LogP contribution in [0.4, 0.5) is 10.8 Å². The number of carbonyl (C=O) groups is 2. The Morgan fingerprint density at radius 2 is 1.90 bits per heavy atom. The number of thiazole rings is 1. The van der Waals surface area contributed by atoms with Crippen molar-refractivity contribution in [1.82, 2.24) is 4.98 Å². The van der Waals surface area contributed by atoms with Crippen molar-refractivity contribution < 1.29 is 9.59 Å². The molecule has 6 heteroatoms. The van der Waals surface area contributed by atoms with Crippen LogP contribution < -0.4 is 10.6 Å². The zero-order valence-corrected chi connectivity index (χ0v) is 12.1. The molecule has 1 heterocycles. The number of benzene rings is 1. The van der Waals surface area contributed by atoms with Crippen LogP contribution in [0.15, 0.2) is 29.6 Å². The molecule has 0 saturated heterocycles. The van der Waals surface area contributed by atoms with Crippen LogP contribution in [0.1, 0.15) is 29.4 Å². The molecule has 1 aromatic heterocycles. The first-order valence-corrected chi connectivity index (χ1v) is 7.10. The Bertz CT molecular complexity index is 620. The third-order valence-corrected chi connectivity index (χ3v) is 3.47. The van der Waals surface area contributed by atoms with Gasteiger partial charge in [-0.2, -0.15) is 0 Å². The molecule has 0 aliphatic heterocycles. The molecule has 1 aromatic carbocycles. The lowest BCUT2D eigenvalue weighted by Crippen LogP contribution is -2.12. The molecule has 2 aromatic rings. The van der Waals surface area contributed by atoms with Gasteiger partial charge < -0.3 is 5.32 Å². The smallest absolute Gasteiger partial charge is 0.257 e. The first-order valence-electron chi connectivity index (χ1n) is 6.22. The van der Waals surface area contributed by atoms with Gasteiger partial charge in [0.1, 0.15) is 0 Å². The van der Waals surface area contributed by atoms with Gasteiger partial charge in [-0.15, -0.1) is 11.3 Å². The molecule has 2 amide bonds. The van der Waals surface area contributed by atoms with Crippen molar-refractivity contribution in [3.8, 4) is 0 Å². The highest BCUT2D eigenvalue weighted by Crippen LogP contribution is 2.16. The van der Waals surface area contributed by atoms with Crippen molar-refractivity contribution >= 4 is 34.0 Å². The number of rotatable bonds is 4. The van der Waals surface area contributed by atoms with E-state index in [1.165, 1.54) is 11.3 Å². The first-order chi connectivity index (χ1) is 9.58. The maximum Gasteiger partial charge on any atom is 0.257 e. The summed E-state index contributed by atoms with van der Waals surface area (Å²) in [4.78, 5) is 27.4. The standard InChI is InChI=1S/C14H15N3O2S/c1-3-12(18)16-11-6-4-10(5-7-11)13(19)17-14-15-9(2)8-20-14/h4-8H,3H2,1-2H3,(H,16,18)(H,15,17,19). The summed E-state index contributed by atoms with van der Waals surface area (Å²) in [6.45, 7) is 3.66. The van der Waals surface area contributed by atoms with E-state index in [1.54, 1.807) is 31.2 Å². The number of aryl methyl sites for hydroxylation is 1. The lowest BCUT2D eigenvalue weighted by atomic mass is 10.2. The van der Waals surface area contributed by atoms with E-state index in [0.29, 0.717) is 22.8 Å². The van der Waals surface area contributed by atoms with Gasteiger partial charge in [-0.3, -0.25) is 14.9 Å². The van der Waals surface area contributed by atoms with Gasteiger partial charge in [0.25, 0.3) is 5.91 Å². The largest absolute Gasteiger partial charge is 0.326 e. The monoisotopic (exact) mass is 289 g/mol. The summed E-state index contributed by atoms with van der Waals surface area (Å²) in [5, 5.41) is 7.91. The van der Waals surface area contributed by atoms with Crippen LogP contribution in [0, 0.1) is 6.92 Å². The van der Waals surface area contributed by atoms with Crippen molar-refractivity contribution in [3.63, 3.8) is 0 Å². The Morgan fingerprint density at radius 1 is 1.20 bits per heavy atom. The number of nitrogens with zero attached hydrogens (tertiary/aromatic N) is 1. The number of hydrogen-bond acceptors (Lipinski definition) is 4. The fourth-order valence-electron chi connectivity index (χ4n) is 1.53. The lowest BCUT2D eigenvalue weighted by molar-refractivity contribution is -0.115. The van der Waals surface area contributed by atoms with Gasteiger partial charge in [0.15, 0.2) is 5.13 Å². The summed E-state index contributed by atoms with van der Waals surface area (Å²) in [5.41, 5.74) is 2.08. The molecule has 0 fully saturated rings. The minimum absolute atomic E-state index is 0.0551. The molecule has 20 heavy (non-hydrogen) atoms. The summed E-state index contributed by atoms with van der Waals surface area (Å²) >= 11 is 1.39. The minimum Gasteiger partial charge on any atom is -0.326 e. The third kappa shape index (κ3) is 3.64. The van der Waals surface area contributed by atoms with Crippen LogP contribution in [0.3, 0.4) is 0 Å². The molecule has 5 nitrogen and oxygen atoms in total. The van der Waals surface area contributed by atoms with Gasteiger partial charge in [-0.25, -0.2) is 4.98 Å². The van der Waals surface area contributed by atoms with Crippen LogP contribution in [0.2, 0.25) is 0 Å². The average Bonchev–Trinajstić information content (AvgIpc) is 2.84. The van der Waals surface area contributed by atoms with Crippen LogP contribution in [0.25, 0.3) is 0 Å². The maximum absolute atomic E-state index is 12.0. The molecule has 0 radical (unpaired) electrons. The Balaban J connectivity index is 2.02. The Labute approximate surface area is 121 Å². The van der Waals surface area contributed by atoms with E-state index < -0.39 is 0 Å². The van der Waals surface area contributed by atoms with Crippen molar-refractivity contribution in [1.29, 1.82) is 0 Å². The maximum atomic E-state index is 12.0. The van der Waals surface area contributed by atoms with Crippen molar-refractivity contribution in [2.24, 2.45) is 0 Å².